The van der Waals surface area contributed by atoms with Crippen LogP contribution in [0.2, 0.25) is 0 Å². The largest absolute Gasteiger partial charge is 0.369 e. The maximum atomic E-state index is 12.9. The van der Waals surface area contributed by atoms with Gasteiger partial charge in [-0.2, -0.15) is 0 Å². The SMILES string of the molecule is CC(=O)C(C)(C(=O)ON1CCN(c2ccncc2)CC1)C1CCNCC1. The van der Waals surface area contributed by atoms with E-state index in [1.54, 1.807) is 24.4 Å². The average molecular weight is 360 g/mol. The summed E-state index contributed by atoms with van der Waals surface area (Å²) in [6.07, 6.45) is 5.19. The number of piperidine rings is 1. The van der Waals surface area contributed by atoms with Crippen molar-refractivity contribution in [3.8, 4) is 0 Å². The molecule has 7 nitrogen and oxygen atoms in total. The smallest absolute Gasteiger partial charge is 0.338 e. The highest BCUT2D eigenvalue weighted by Crippen LogP contribution is 2.36. The van der Waals surface area contributed by atoms with Gasteiger partial charge in [-0.05, 0) is 57.8 Å². The van der Waals surface area contributed by atoms with E-state index in [-0.39, 0.29) is 11.7 Å². The van der Waals surface area contributed by atoms with Crippen molar-refractivity contribution in [2.45, 2.75) is 26.7 Å². The summed E-state index contributed by atoms with van der Waals surface area (Å²) < 4.78 is 0. The van der Waals surface area contributed by atoms with E-state index in [0.29, 0.717) is 13.1 Å². The number of nitrogens with zero attached hydrogens (tertiary/aromatic N) is 3. The molecule has 1 atom stereocenters. The number of hydrogen-bond donors (Lipinski definition) is 1. The molecule has 0 amide bonds. The highest BCUT2D eigenvalue weighted by Gasteiger charge is 2.48. The maximum absolute atomic E-state index is 12.9. The Morgan fingerprint density at radius 3 is 2.35 bits per heavy atom. The van der Waals surface area contributed by atoms with Crippen molar-refractivity contribution >= 4 is 17.4 Å². The molecule has 0 radical (unpaired) electrons. The minimum Gasteiger partial charge on any atom is -0.369 e. The van der Waals surface area contributed by atoms with Crippen molar-refractivity contribution in [2.24, 2.45) is 11.3 Å². The third-order valence-electron chi connectivity index (χ3n) is 5.79. The monoisotopic (exact) mass is 360 g/mol. The summed E-state index contributed by atoms with van der Waals surface area (Å²) in [6, 6.07) is 3.96. The molecular formula is C19H28N4O3. The van der Waals surface area contributed by atoms with E-state index in [2.05, 4.69) is 15.2 Å². The minimum absolute atomic E-state index is 0.0341. The molecule has 1 aromatic heterocycles. The predicted octanol–water partition coefficient (Wildman–Crippen LogP) is 1.26. The summed E-state index contributed by atoms with van der Waals surface area (Å²) in [5, 5.41) is 4.98. The zero-order valence-electron chi connectivity index (χ0n) is 15.6. The maximum Gasteiger partial charge on any atom is 0.338 e. The highest BCUT2D eigenvalue weighted by molar-refractivity contribution is 6.02. The first-order chi connectivity index (χ1) is 12.5. The summed E-state index contributed by atoms with van der Waals surface area (Å²) in [4.78, 5) is 37.2. The number of anilines is 1. The molecule has 2 aliphatic rings. The Bertz CT molecular complexity index is 625. The van der Waals surface area contributed by atoms with Crippen LogP contribution in [-0.4, -0.2) is 61.1 Å². The second-order valence-corrected chi connectivity index (χ2v) is 7.28. The second-order valence-electron chi connectivity index (χ2n) is 7.28. The van der Waals surface area contributed by atoms with Gasteiger partial charge in [0, 0.05) is 31.2 Å². The number of carbonyl (C=O) groups excluding carboxylic acids is 2. The van der Waals surface area contributed by atoms with Crippen LogP contribution in [-0.2, 0) is 14.4 Å². The normalized spacial score (nSPS) is 21.8. The van der Waals surface area contributed by atoms with Crippen molar-refractivity contribution < 1.29 is 14.4 Å². The number of aromatic nitrogens is 1. The standard InChI is InChI=1S/C19H28N4O3/c1-15(24)19(2,16-3-7-20-8-4-16)18(25)26-23-13-11-22(12-14-23)17-5-9-21-10-6-17/h5-6,9-10,16,20H,3-4,7-8,11-14H2,1-2H3. The number of Topliss-reactive ketones (excluding diaryl/α,β-unsaturated/α-hetero) is 1. The van der Waals surface area contributed by atoms with Gasteiger partial charge in [-0.15, -0.1) is 5.06 Å². The Morgan fingerprint density at radius 2 is 1.77 bits per heavy atom. The van der Waals surface area contributed by atoms with Gasteiger partial charge in [-0.3, -0.25) is 9.78 Å². The van der Waals surface area contributed by atoms with Crippen molar-refractivity contribution in [3.05, 3.63) is 24.5 Å². The Balaban J connectivity index is 1.59. The lowest BCUT2D eigenvalue weighted by molar-refractivity contribution is -0.206. The van der Waals surface area contributed by atoms with E-state index in [9.17, 15) is 9.59 Å². The highest BCUT2D eigenvalue weighted by atomic mass is 16.7. The molecule has 142 valence electrons. The van der Waals surface area contributed by atoms with Crippen LogP contribution in [0.1, 0.15) is 26.7 Å². The number of hydrogen-bond acceptors (Lipinski definition) is 7. The first-order valence-corrected chi connectivity index (χ1v) is 9.36. The summed E-state index contributed by atoms with van der Waals surface area (Å²) >= 11 is 0. The molecular weight excluding hydrogens is 332 g/mol. The van der Waals surface area contributed by atoms with E-state index in [1.165, 1.54) is 6.92 Å². The molecule has 7 heteroatoms. The Labute approximate surface area is 154 Å². The fourth-order valence-corrected chi connectivity index (χ4v) is 3.80. The third-order valence-corrected chi connectivity index (χ3v) is 5.79. The fraction of sp³-hybridized carbons (Fsp3) is 0.632. The van der Waals surface area contributed by atoms with Gasteiger partial charge in [0.1, 0.15) is 11.2 Å². The molecule has 0 aromatic carbocycles. The van der Waals surface area contributed by atoms with Crippen LogP contribution in [0.5, 0.6) is 0 Å². The van der Waals surface area contributed by atoms with Crippen molar-refractivity contribution in [1.82, 2.24) is 15.4 Å². The number of nitrogens with one attached hydrogen (secondary N) is 1. The lowest BCUT2D eigenvalue weighted by atomic mass is 9.70. The van der Waals surface area contributed by atoms with Gasteiger partial charge in [0.05, 0.1) is 13.1 Å². The molecule has 3 heterocycles. The molecule has 1 unspecified atom stereocenters. The summed E-state index contributed by atoms with van der Waals surface area (Å²) in [7, 11) is 0. The Hall–Kier alpha value is -1.99. The molecule has 26 heavy (non-hydrogen) atoms. The molecule has 1 N–H and O–H groups in total. The Morgan fingerprint density at radius 1 is 1.15 bits per heavy atom. The molecule has 0 saturated carbocycles. The van der Waals surface area contributed by atoms with Crippen LogP contribution in [0.3, 0.4) is 0 Å². The van der Waals surface area contributed by atoms with Gasteiger partial charge in [-0.25, -0.2) is 4.79 Å². The Kier molecular flexibility index (Phi) is 5.88. The lowest BCUT2D eigenvalue weighted by Crippen LogP contribution is -2.52. The van der Waals surface area contributed by atoms with Crippen LogP contribution in [0, 0.1) is 11.3 Å². The van der Waals surface area contributed by atoms with Crippen molar-refractivity contribution in [1.29, 1.82) is 0 Å². The van der Waals surface area contributed by atoms with E-state index in [0.717, 1.165) is 44.7 Å². The van der Waals surface area contributed by atoms with Gasteiger partial charge in [0.15, 0.2) is 0 Å². The first-order valence-electron chi connectivity index (χ1n) is 9.36. The van der Waals surface area contributed by atoms with Crippen LogP contribution in [0.25, 0.3) is 0 Å². The summed E-state index contributed by atoms with van der Waals surface area (Å²) in [5.74, 6) is -0.481. The minimum atomic E-state index is -1.07. The van der Waals surface area contributed by atoms with Crippen LogP contribution >= 0.6 is 0 Å². The zero-order chi connectivity index (χ0) is 18.6. The number of hydroxylamine groups is 2. The fourth-order valence-electron chi connectivity index (χ4n) is 3.80. The second kappa shape index (κ2) is 8.14. The van der Waals surface area contributed by atoms with Gasteiger partial charge < -0.3 is 15.1 Å². The van der Waals surface area contributed by atoms with Crippen LogP contribution in [0.15, 0.2) is 24.5 Å². The molecule has 2 aliphatic heterocycles. The summed E-state index contributed by atoms with van der Waals surface area (Å²) in [5.41, 5.74) is 0.0545. The van der Waals surface area contributed by atoms with Gasteiger partial charge in [-0.1, -0.05) is 0 Å². The number of rotatable bonds is 5. The topological polar surface area (TPSA) is 74.8 Å². The van der Waals surface area contributed by atoms with Gasteiger partial charge in [0.25, 0.3) is 0 Å². The molecule has 0 spiro atoms. The van der Waals surface area contributed by atoms with Crippen LogP contribution < -0.4 is 10.2 Å². The molecule has 2 saturated heterocycles. The van der Waals surface area contributed by atoms with Crippen molar-refractivity contribution in [3.63, 3.8) is 0 Å². The van der Waals surface area contributed by atoms with E-state index < -0.39 is 11.4 Å². The molecule has 3 rings (SSSR count). The number of piperazine rings is 1. The number of pyridine rings is 1. The zero-order valence-corrected chi connectivity index (χ0v) is 15.6. The number of carbonyl (C=O) groups is 2. The average Bonchev–Trinajstić information content (AvgIpc) is 2.69. The molecule has 0 aliphatic carbocycles. The van der Waals surface area contributed by atoms with Gasteiger partial charge in [0.2, 0.25) is 0 Å². The summed E-state index contributed by atoms with van der Waals surface area (Å²) in [6.45, 7) is 7.70. The molecule has 1 aromatic rings. The predicted molar refractivity (Wildman–Crippen MR) is 98.5 cm³/mol. The molecule has 2 fully saturated rings. The van der Waals surface area contributed by atoms with Gasteiger partial charge >= 0.3 is 5.97 Å². The van der Waals surface area contributed by atoms with E-state index in [1.807, 2.05) is 12.1 Å². The number of ketones is 1. The quantitative estimate of drug-likeness (QED) is 0.792. The van der Waals surface area contributed by atoms with Crippen LogP contribution in [0.4, 0.5) is 5.69 Å². The third kappa shape index (κ3) is 3.88. The van der Waals surface area contributed by atoms with Crippen molar-refractivity contribution in [2.75, 3.05) is 44.2 Å². The lowest BCUT2D eigenvalue weighted by Gasteiger charge is -2.39. The van der Waals surface area contributed by atoms with E-state index >= 15 is 0 Å². The first kappa shape index (κ1) is 18.8. The molecule has 0 bridgehead atoms. The van der Waals surface area contributed by atoms with E-state index in [4.69, 9.17) is 4.84 Å².